The molecule has 0 aromatic heterocycles. The summed E-state index contributed by atoms with van der Waals surface area (Å²) in [5.74, 6) is 2.67. The van der Waals surface area contributed by atoms with Crippen LogP contribution in [0.15, 0.2) is 24.3 Å². The number of ether oxygens (including phenoxy) is 1. The van der Waals surface area contributed by atoms with Crippen molar-refractivity contribution in [3.8, 4) is 0 Å². The number of nitrogens with zero attached hydrogens (tertiary/aromatic N) is 2. The molecule has 3 heteroatoms. The van der Waals surface area contributed by atoms with Gasteiger partial charge in [-0.25, -0.2) is 0 Å². The zero-order valence-corrected chi connectivity index (χ0v) is 15.8. The molecule has 1 aromatic carbocycles. The number of rotatable bonds is 8. The highest BCUT2D eigenvalue weighted by Crippen LogP contribution is 2.51. The molecule has 2 saturated heterocycles. The standard InChI is InChI=1S/C22H34N2O/c1-18-6-8-19(9-7-18)14-24-15-20-21(16-24)22(20)17-25-13-5-12-23-10-3-2-4-11-23/h6-9,20-22H,2-5,10-17H2,1H3/t20-,21+,22+. The van der Waals surface area contributed by atoms with Gasteiger partial charge >= 0.3 is 0 Å². The van der Waals surface area contributed by atoms with E-state index in [1.165, 1.54) is 69.5 Å². The fraction of sp³-hybridized carbons (Fsp3) is 0.727. The minimum Gasteiger partial charge on any atom is -0.381 e. The lowest BCUT2D eigenvalue weighted by Crippen LogP contribution is -2.31. The van der Waals surface area contributed by atoms with E-state index in [2.05, 4.69) is 41.0 Å². The Hall–Kier alpha value is -0.900. The third kappa shape index (κ3) is 4.64. The molecule has 3 atom stereocenters. The molecule has 3 aliphatic rings. The maximum atomic E-state index is 6.01. The van der Waals surface area contributed by atoms with E-state index >= 15 is 0 Å². The van der Waals surface area contributed by atoms with Crippen molar-refractivity contribution in [2.45, 2.75) is 39.2 Å². The van der Waals surface area contributed by atoms with Gasteiger partial charge in [0, 0.05) is 32.8 Å². The van der Waals surface area contributed by atoms with E-state index in [4.69, 9.17) is 4.74 Å². The minimum atomic E-state index is 0.851. The van der Waals surface area contributed by atoms with Gasteiger partial charge in [0.2, 0.25) is 0 Å². The van der Waals surface area contributed by atoms with Crippen molar-refractivity contribution in [1.82, 2.24) is 9.80 Å². The van der Waals surface area contributed by atoms with E-state index in [0.717, 1.165) is 37.5 Å². The van der Waals surface area contributed by atoms with Crippen LogP contribution in [0.5, 0.6) is 0 Å². The third-order valence-electron chi connectivity index (χ3n) is 6.50. The van der Waals surface area contributed by atoms with Crippen molar-refractivity contribution in [2.75, 3.05) is 45.9 Å². The summed E-state index contributed by atoms with van der Waals surface area (Å²) in [6.45, 7) is 11.7. The molecule has 4 rings (SSSR count). The Balaban J connectivity index is 1.07. The summed E-state index contributed by atoms with van der Waals surface area (Å²) < 4.78 is 6.01. The summed E-state index contributed by atoms with van der Waals surface area (Å²) in [5.41, 5.74) is 2.81. The van der Waals surface area contributed by atoms with E-state index < -0.39 is 0 Å². The first-order chi connectivity index (χ1) is 12.3. The Morgan fingerprint density at radius 1 is 0.960 bits per heavy atom. The Kier molecular flexibility index (Phi) is 5.74. The van der Waals surface area contributed by atoms with Gasteiger partial charge in [-0.3, -0.25) is 4.90 Å². The zero-order valence-electron chi connectivity index (χ0n) is 15.8. The Bertz CT molecular complexity index is 525. The van der Waals surface area contributed by atoms with Crippen LogP contribution in [0.2, 0.25) is 0 Å². The number of hydrogen-bond acceptors (Lipinski definition) is 3. The monoisotopic (exact) mass is 342 g/mol. The average Bonchev–Trinajstić information content (AvgIpc) is 3.09. The summed E-state index contributed by atoms with van der Waals surface area (Å²) in [5, 5.41) is 0. The number of aryl methyl sites for hydroxylation is 1. The Morgan fingerprint density at radius 3 is 2.40 bits per heavy atom. The molecule has 0 amide bonds. The van der Waals surface area contributed by atoms with Gasteiger partial charge in [-0.1, -0.05) is 36.2 Å². The van der Waals surface area contributed by atoms with Gasteiger partial charge in [-0.05, 0) is 62.6 Å². The zero-order chi connectivity index (χ0) is 17.1. The summed E-state index contributed by atoms with van der Waals surface area (Å²) in [4.78, 5) is 5.24. The first-order valence-electron chi connectivity index (χ1n) is 10.4. The summed E-state index contributed by atoms with van der Waals surface area (Å²) in [6.07, 6.45) is 5.43. The number of hydrogen-bond donors (Lipinski definition) is 0. The second kappa shape index (κ2) is 8.20. The first-order valence-corrected chi connectivity index (χ1v) is 10.4. The SMILES string of the molecule is Cc1ccc(CN2C[C@@H]3[C@@H](COCCCN4CCCCC4)[C@@H]3C2)cc1. The molecule has 0 unspecified atom stereocenters. The summed E-state index contributed by atoms with van der Waals surface area (Å²) >= 11 is 0. The highest BCUT2D eigenvalue weighted by molar-refractivity contribution is 5.21. The molecular weight excluding hydrogens is 308 g/mol. The minimum absolute atomic E-state index is 0.851. The van der Waals surface area contributed by atoms with Gasteiger partial charge in [-0.15, -0.1) is 0 Å². The molecule has 3 fully saturated rings. The summed E-state index contributed by atoms with van der Waals surface area (Å²) in [7, 11) is 0. The molecular formula is C22H34N2O. The predicted molar refractivity (Wildman–Crippen MR) is 103 cm³/mol. The van der Waals surface area contributed by atoms with Crippen molar-refractivity contribution in [2.24, 2.45) is 17.8 Å². The number of benzene rings is 1. The topological polar surface area (TPSA) is 15.7 Å². The maximum Gasteiger partial charge on any atom is 0.0500 e. The highest BCUT2D eigenvalue weighted by Gasteiger charge is 2.55. The molecule has 0 radical (unpaired) electrons. The van der Waals surface area contributed by atoms with Crippen molar-refractivity contribution < 1.29 is 4.74 Å². The van der Waals surface area contributed by atoms with Gasteiger partial charge in [0.05, 0.1) is 6.61 Å². The second-order valence-electron chi connectivity index (χ2n) is 8.50. The maximum absolute atomic E-state index is 6.01. The van der Waals surface area contributed by atoms with Crippen LogP contribution in [-0.4, -0.2) is 55.7 Å². The number of fused-ring (bicyclic) bond motifs is 1. The van der Waals surface area contributed by atoms with E-state index in [0.29, 0.717) is 0 Å². The lowest BCUT2D eigenvalue weighted by Gasteiger charge is -2.26. The van der Waals surface area contributed by atoms with Crippen LogP contribution in [0.25, 0.3) is 0 Å². The van der Waals surface area contributed by atoms with Crippen LogP contribution in [-0.2, 0) is 11.3 Å². The van der Waals surface area contributed by atoms with Crippen LogP contribution in [0, 0.1) is 24.7 Å². The molecule has 1 aromatic rings. The van der Waals surface area contributed by atoms with Crippen LogP contribution in [0.3, 0.4) is 0 Å². The van der Waals surface area contributed by atoms with Crippen LogP contribution >= 0.6 is 0 Å². The molecule has 3 nitrogen and oxygen atoms in total. The van der Waals surface area contributed by atoms with Gasteiger partial charge in [-0.2, -0.15) is 0 Å². The normalized spacial score (nSPS) is 29.7. The smallest absolute Gasteiger partial charge is 0.0500 e. The van der Waals surface area contributed by atoms with Crippen molar-refractivity contribution in [3.63, 3.8) is 0 Å². The van der Waals surface area contributed by atoms with Crippen molar-refractivity contribution >= 4 is 0 Å². The van der Waals surface area contributed by atoms with Gasteiger partial charge in [0.1, 0.15) is 0 Å². The van der Waals surface area contributed by atoms with Crippen LogP contribution in [0.1, 0.15) is 36.8 Å². The first kappa shape index (κ1) is 17.5. The summed E-state index contributed by atoms with van der Waals surface area (Å²) in [6, 6.07) is 9.02. The Morgan fingerprint density at radius 2 is 1.68 bits per heavy atom. The third-order valence-corrected chi connectivity index (χ3v) is 6.50. The molecule has 0 spiro atoms. The Labute approximate surface area is 153 Å². The fourth-order valence-corrected chi connectivity index (χ4v) is 4.86. The van der Waals surface area contributed by atoms with Crippen LogP contribution in [0.4, 0.5) is 0 Å². The molecule has 138 valence electrons. The highest BCUT2D eigenvalue weighted by atomic mass is 16.5. The van der Waals surface area contributed by atoms with Crippen molar-refractivity contribution in [1.29, 1.82) is 0 Å². The molecule has 1 saturated carbocycles. The predicted octanol–water partition coefficient (Wildman–Crippen LogP) is 3.57. The number of piperidine rings is 2. The van der Waals surface area contributed by atoms with Crippen LogP contribution < -0.4 is 0 Å². The van der Waals surface area contributed by atoms with E-state index in [-0.39, 0.29) is 0 Å². The van der Waals surface area contributed by atoms with E-state index in [9.17, 15) is 0 Å². The average molecular weight is 343 g/mol. The van der Waals surface area contributed by atoms with E-state index in [1.54, 1.807) is 0 Å². The lowest BCUT2D eigenvalue weighted by atomic mass is 10.1. The van der Waals surface area contributed by atoms with Crippen molar-refractivity contribution in [3.05, 3.63) is 35.4 Å². The molecule has 1 aliphatic carbocycles. The van der Waals surface area contributed by atoms with Gasteiger partial charge in [0.15, 0.2) is 0 Å². The second-order valence-corrected chi connectivity index (χ2v) is 8.50. The molecule has 0 N–H and O–H groups in total. The fourth-order valence-electron chi connectivity index (χ4n) is 4.86. The lowest BCUT2D eigenvalue weighted by molar-refractivity contribution is 0.0967. The molecule has 2 heterocycles. The van der Waals surface area contributed by atoms with Gasteiger partial charge < -0.3 is 9.64 Å². The largest absolute Gasteiger partial charge is 0.381 e. The number of likely N-dealkylation sites (tertiary alicyclic amines) is 2. The van der Waals surface area contributed by atoms with E-state index in [1.807, 2.05) is 0 Å². The van der Waals surface area contributed by atoms with Gasteiger partial charge in [0.25, 0.3) is 0 Å². The quantitative estimate of drug-likeness (QED) is 0.672. The molecule has 2 aliphatic heterocycles. The molecule has 25 heavy (non-hydrogen) atoms. The molecule has 0 bridgehead atoms.